The van der Waals surface area contributed by atoms with Gasteiger partial charge in [-0.25, -0.2) is 9.59 Å². The first kappa shape index (κ1) is 25.8. The van der Waals surface area contributed by atoms with Crippen molar-refractivity contribution >= 4 is 17.8 Å². The molecule has 33 heavy (non-hydrogen) atoms. The highest BCUT2D eigenvalue weighted by molar-refractivity contribution is 5.87. The number of aliphatic hydroxyl groups is 1. The maximum Gasteiger partial charge on any atom is 0.330 e. The van der Waals surface area contributed by atoms with Crippen molar-refractivity contribution in [3.8, 4) is 0 Å². The summed E-state index contributed by atoms with van der Waals surface area (Å²) in [4.78, 5) is 37.2. The third-order valence-electron chi connectivity index (χ3n) is 5.14. The molecule has 0 bridgehead atoms. The fourth-order valence-electron chi connectivity index (χ4n) is 3.39. The number of nitrogens with one attached hydrogen (secondary N) is 1. The number of carbonyl (C=O) groups excluding carboxylic acids is 3. The van der Waals surface area contributed by atoms with Gasteiger partial charge in [0, 0.05) is 12.5 Å². The first-order valence-corrected chi connectivity index (χ1v) is 10.9. The number of ether oxygens (including phenoxy) is 2. The fourth-order valence-corrected chi connectivity index (χ4v) is 3.39. The van der Waals surface area contributed by atoms with Crippen LogP contribution in [0.25, 0.3) is 0 Å². The monoisotopic (exact) mass is 453 g/mol. The molecular formula is C26H31NO6. The van der Waals surface area contributed by atoms with E-state index in [0.29, 0.717) is 12.8 Å². The molecule has 0 aliphatic rings. The van der Waals surface area contributed by atoms with Crippen molar-refractivity contribution in [3.63, 3.8) is 0 Å². The van der Waals surface area contributed by atoms with Gasteiger partial charge in [-0.3, -0.25) is 4.79 Å². The second-order valence-electron chi connectivity index (χ2n) is 7.51. The van der Waals surface area contributed by atoms with Crippen molar-refractivity contribution in [1.29, 1.82) is 0 Å². The van der Waals surface area contributed by atoms with E-state index in [2.05, 4.69) is 5.32 Å². The van der Waals surface area contributed by atoms with Crippen LogP contribution in [-0.2, 0) is 36.7 Å². The molecule has 0 unspecified atom stereocenters. The summed E-state index contributed by atoms with van der Waals surface area (Å²) in [5.74, 6) is -2.57. The minimum atomic E-state index is -1.24. The molecule has 7 heteroatoms. The number of aliphatic hydroxyl groups excluding tert-OH is 1. The molecule has 176 valence electrons. The quantitative estimate of drug-likeness (QED) is 0.378. The molecule has 0 saturated carbocycles. The Bertz CT molecular complexity index is 913. The summed E-state index contributed by atoms with van der Waals surface area (Å²) in [6.45, 7) is 1.88. The highest BCUT2D eigenvalue weighted by atomic mass is 16.5. The molecule has 0 heterocycles. The minimum absolute atomic E-state index is 0.206. The Labute approximate surface area is 194 Å². The van der Waals surface area contributed by atoms with Gasteiger partial charge in [-0.05, 0) is 37.0 Å². The van der Waals surface area contributed by atoms with Crippen molar-refractivity contribution in [3.05, 3.63) is 83.9 Å². The van der Waals surface area contributed by atoms with Crippen LogP contribution in [0.4, 0.5) is 0 Å². The highest BCUT2D eigenvalue weighted by Crippen LogP contribution is 2.17. The van der Waals surface area contributed by atoms with Gasteiger partial charge in [-0.2, -0.15) is 0 Å². The molecule has 0 aromatic heterocycles. The maximum atomic E-state index is 13.2. The molecule has 3 atom stereocenters. The summed E-state index contributed by atoms with van der Waals surface area (Å²) in [6.07, 6.45) is 2.21. The molecule has 2 aromatic carbocycles. The van der Waals surface area contributed by atoms with E-state index < -0.39 is 35.9 Å². The van der Waals surface area contributed by atoms with Crippen molar-refractivity contribution in [1.82, 2.24) is 5.32 Å². The van der Waals surface area contributed by atoms with Gasteiger partial charge in [0.2, 0.25) is 5.91 Å². The smallest absolute Gasteiger partial charge is 0.330 e. The Kier molecular flexibility index (Phi) is 10.8. The van der Waals surface area contributed by atoms with Crippen molar-refractivity contribution in [2.75, 3.05) is 13.7 Å². The first-order valence-electron chi connectivity index (χ1n) is 10.9. The van der Waals surface area contributed by atoms with Crippen LogP contribution in [0, 0.1) is 5.92 Å². The fraction of sp³-hybridized carbons (Fsp3) is 0.346. The van der Waals surface area contributed by atoms with Gasteiger partial charge in [-0.15, -0.1) is 0 Å². The molecule has 2 rings (SSSR count). The number of rotatable bonds is 12. The van der Waals surface area contributed by atoms with E-state index in [9.17, 15) is 19.5 Å². The second kappa shape index (κ2) is 13.9. The Balaban J connectivity index is 2.17. The van der Waals surface area contributed by atoms with Crippen molar-refractivity contribution in [2.24, 2.45) is 5.92 Å². The van der Waals surface area contributed by atoms with E-state index in [0.717, 1.165) is 17.2 Å². The lowest BCUT2D eigenvalue weighted by Gasteiger charge is -2.24. The van der Waals surface area contributed by atoms with E-state index in [4.69, 9.17) is 9.47 Å². The van der Waals surface area contributed by atoms with Gasteiger partial charge in [0.05, 0.1) is 25.7 Å². The van der Waals surface area contributed by atoms with Crippen molar-refractivity contribution < 1.29 is 29.0 Å². The van der Waals surface area contributed by atoms with Crippen LogP contribution in [0.1, 0.15) is 24.5 Å². The average Bonchev–Trinajstić information content (AvgIpc) is 2.83. The summed E-state index contributed by atoms with van der Waals surface area (Å²) >= 11 is 0. The summed E-state index contributed by atoms with van der Waals surface area (Å²) in [7, 11) is 1.26. The maximum absolute atomic E-state index is 13.2. The number of esters is 2. The van der Waals surface area contributed by atoms with E-state index >= 15 is 0 Å². The molecular weight excluding hydrogens is 422 g/mol. The molecule has 0 aliphatic heterocycles. The minimum Gasteiger partial charge on any atom is -0.467 e. The Morgan fingerprint density at radius 1 is 1.00 bits per heavy atom. The number of hydrogen-bond acceptors (Lipinski definition) is 6. The zero-order valence-corrected chi connectivity index (χ0v) is 19.0. The van der Waals surface area contributed by atoms with Gasteiger partial charge < -0.3 is 19.9 Å². The summed E-state index contributed by atoms with van der Waals surface area (Å²) < 4.78 is 9.71. The van der Waals surface area contributed by atoms with Crippen LogP contribution in [0.2, 0.25) is 0 Å². The molecule has 0 radical (unpaired) electrons. The lowest BCUT2D eigenvalue weighted by molar-refractivity contribution is -0.146. The van der Waals surface area contributed by atoms with E-state index in [1.54, 1.807) is 6.92 Å². The SMILES string of the molecule is CCOC(=O)/C=C/[C@H](O)[C@H](CCc1ccccc1)C(=O)N[C@@H](Cc1ccccc1)C(=O)OC. The summed E-state index contributed by atoms with van der Waals surface area (Å²) in [6, 6.07) is 17.9. The molecule has 7 nitrogen and oxygen atoms in total. The van der Waals surface area contributed by atoms with Crippen LogP contribution >= 0.6 is 0 Å². The van der Waals surface area contributed by atoms with Gasteiger partial charge in [0.1, 0.15) is 6.04 Å². The zero-order chi connectivity index (χ0) is 24.1. The number of hydrogen-bond donors (Lipinski definition) is 2. The van der Waals surface area contributed by atoms with Gasteiger partial charge >= 0.3 is 11.9 Å². The largest absolute Gasteiger partial charge is 0.467 e. The molecule has 0 aliphatic carbocycles. The summed E-state index contributed by atoms with van der Waals surface area (Å²) in [5.41, 5.74) is 1.86. The van der Waals surface area contributed by atoms with Crippen molar-refractivity contribution in [2.45, 2.75) is 38.3 Å². The molecule has 1 amide bonds. The number of amides is 1. The van der Waals surface area contributed by atoms with Gasteiger partial charge in [0.25, 0.3) is 0 Å². The highest BCUT2D eigenvalue weighted by Gasteiger charge is 2.30. The molecule has 2 aromatic rings. The van der Waals surface area contributed by atoms with Crippen LogP contribution in [0.3, 0.4) is 0 Å². The van der Waals surface area contributed by atoms with Gasteiger partial charge in [-0.1, -0.05) is 60.7 Å². The first-order chi connectivity index (χ1) is 15.9. The number of benzene rings is 2. The van der Waals surface area contributed by atoms with Gasteiger partial charge in [0.15, 0.2) is 0 Å². The average molecular weight is 454 g/mol. The third-order valence-corrected chi connectivity index (χ3v) is 5.14. The van der Waals surface area contributed by atoms with Crippen LogP contribution in [-0.4, -0.2) is 48.8 Å². The lowest BCUT2D eigenvalue weighted by atomic mass is 9.92. The molecule has 0 fully saturated rings. The van der Waals surface area contributed by atoms with Crippen LogP contribution < -0.4 is 5.32 Å². The lowest BCUT2D eigenvalue weighted by Crippen LogP contribution is -2.47. The molecule has 0 saturated heterocycles. The Hall–Kier alpha value is -3.45. The standard InChI is InChI=1S/C26H31NO6/c1-3-33-24(29)17-16-23(28)21(15-14-19-10-6-4-7-11-19)25(30)27-22(26(31)32-2)18-20-12-8-5-9-13-20/h4-13,16-17,21-23,28H,3,14-15,18H2,1-2H3,(H,27,30)/b17-16+/t21-,22-,23-/m0/s1. The normalized spacial score (nSPS) is 13.7. The Morgan fingerprint density at radius 2 is 1.61 bits per heavy atom. The molecule has 2 N–H and O–H groups in total. The number of carbonyl (C=O) groups is 3. The second-order valence-corrected chi connectivity index (χ2v) is 7.51. The van der Waals surface area contributed by atoms with Crippen LogP contribution in [0.5, 0.6) is 0 Å². The summed E-state index contributed by atoms with van der Waals surface area (Å²) in [5, 5.41) is 13.4. The van der Waals surface area contributed by atoms with E-state index in [-0.39, 0.29) is 13.0 Å². The Morgan fingerprint density at radius 3 is 2.18 bits per heavy atom. The topological polar surface area (TPSA) is 102 Å². The predicted molar refractivity (Wildman–Crippen MR) is 124 cm³/mol. The van der Waals surface area contributed by atoms with E-state index in [1.165, 1.54) is 13.2 Å². The molecule has 0 spiro atoms. The predicted octanol–water partition coefficient (Wildman–Crippen LogP) is 2.62. The third kappa shape index (κ3) is 8.90. The number of methoxy groups -OCH3 is 1. The van der Waals surface area contributed by atoms with Crippen LogP contribution in [0.15, 0.2) is 72.8 Å². The van der Waals surface area contributed by atoms with E-state index in [1.807, 2.05) is 60.7 Å². The number of aryl methyl sites for hydroxylation is 1. The zero-order valence-electron chi connectivity index (χ0n) is 19.0.